The topological polar surface area (TPSA) is 68.7 Å². The molecule has 0 fully saturated rings. The van der Waals surface area contributed by atoms with Gasteiger partial charge in [-0.05, 0) is 98.2 Å². The normalized spacial score (nSPS) is 21.6. The minimum Gasteiger partial charge on any atom is -0.492 e. The van der Waals surface area contributed by atoms with Crippen LogP contribution in [0.2, 0.25) is 0 Å². The van der Waals surface area contributed by atoms with E-state index in [0.29, 0.717) is 30.1 Å². The van der Waals surface area contributed by atoms with Crippen LogP contribution in [0.4, 0.5) is 4.39 Å². The third-order valence-electron chi connectivity index (χ3n) is 7.66. The van der Waals surface area contributed by atoms with Crippen LogP contribution in [0.3, 0.4) is 0 Å². The van der Waals surface area contributed by atoms with E-state index in [4.69, 9.17) is 14.6 Å². The SMILES string of the molecule is C=C1/C(F)=C\C=C(\c2c(C)cc(-c3ccc(C)cn3)cc2C)CCC[C@H]1Oc1ccc2c(c1)OC[C@H]2CC(=O)O. The van der Waals surface area contributed by atoms with Crippen molar-refractivity contribution in [2.75, 3.05) is 6.61 Å². The Hall–Kier alpha value is -4.19. The van der Waals surface area contributed by atoms with Crippen molar-refractivity contribution in [3.8, 4) is 22.8 Å². The number of nitrogens with zero attached hydrogens (tertiary/aromatic N) is 1. The third-order valence-corrected chi connectivity index (χ3v) is 7.66. The monoisotopic (exact) mass is 539 g/mol. The fraction of sp³-hybridized carbons (Fsp3) is 0.294. The predicted molar refractivity (Wildman–Crippen MR) is 155 cm³/mol. The average Bonchev–Trinajstić information content (AvgIpc) is 3.32. The van der Waals surface area contributed by atoms with E-state index >= 15 is 4.39 Å². The number of aliphatic carboxylic acids is 1. The molecule has 0 saturated carbocycles. The first-order chi connectivity index (χ1) is 19.2. The van der Waals surface area contributed by atoms with Crippen molar-refractivity contribution in [1.29, 1.82) is 0 Å². The minimum atomic E-state index is -0.858. The predicted octanol–water partition coefficient (Wildman–Crippen LogP) is 8.05. The Morgan fingerprint density at radius 3 is 2.60 bits per heavy atom. The molecule has 0 unspecified atom stereocenters. The van der Waals surface area contributed by atoms with Gasteiger partial charge in [0.2, 0.25) is 0 Å². The summed E-state index contributed by atoms with van der Waals surface area (Å²) in [5, 5.41) is 9.15. The van der Waals surface area contributed by atoms with Gasteiger partial charge in [0, 0.05) is 34.9 Å². The van der Waals surface area contributed by atoms with E-state index < -0.39 is 17.9 Å². The summed E-state index contributed by atoms with van der Waals surface area (Å²) in [6, 6.07) is 13.8. The van der Waals surface area contributed by atoms with Crippen molar-refractivity contribution in [1.82, 2.24) is 4.98 Å². The first-order valence-corrected chi connectivity index (χ1v) is 13.6. The summed E-state index contributed by atoms with van der Waals surface area (Å²) < 4.78 is 27.2. The van der Waals surface area contributed by atoms with Gasteiger partial charge in [-0.3, -0.25) is 9.78 Å². The Morgan fingerprint density at radius 2 is 1.90 bits per heavy atom. The van der Waals surface area contributed by atoms with Crippen LogP contribution in [0.1, 0.15) is 59.4 Å². The first-order valence-electron chi connectivity index (χ1n) is 13.6. The summed E-state index contributed by atoms with van der Waals surface area (Å²) in [4.78, 5) is 15.7. The standard InChI is InChI=1S/C34H34FNO4/c1-20-8-13-30(36-18-20)25-14-21(2)34(22(3)15-25)24-6-5-7-31(23(4)29(35)12-9-24)40-27-10-11-28-26(16-33(37)38)19-39-32(28)17-27/h8-15,17-18,26,31H,4-7,16,19H2,1-3H3,(H,37,38)/b24-9+,29-12+/t26-,31-/m1/s1. The van der Waals surface area contributed by atoms with E-state index in [2.05, 4.69) is 43.6 Å². The number of aryl methyl sites for hydroxylation is 3. The van der Waals surface area contributed by atoms with Crippen LogP contribution in [0, 0.1) is 20.8 Å². The van der Waals surface area contributed by atoms with E-state index in [0.717, 1.165) is 57.5 Å². The van der Waals surface area contributed by atoms with Gasteiger partial charge in [0.1, 0.15) is 23.4 Å². The second kappa shape index (κ2) is 11.5. The molecular weight excluding hydrogens is 505 g/mol. The van der Waals surface area contributed by atoms with Crippen LogP contribution in [-0.4, -0.2) is 28.8 Å². The number of pyridine rings is 1. The molecule has 1 N–H and O–H groups in total. The quantitative estimate of drug-likeness (QED) is 0.343. The number of rotatable bonds is 6. The number of hydrogen-bond donors (Lipinski definition) is 1. The molecule has 2 aliphatic rings. The van der Waals surface area contributed by atoms with Crippen LogP contribution in [-0.2, 0) is 4.79 Å². The van der Waals surface area contributed by atoms with E-state index in [9.17, 15) is 4.79 Å². The molecule has 40 heavy (non-hydrogen) atoms. The molecule has 1 aliphatic heterocycles. The molecule has 2 heterocycles. The molecular formula is C34H34FNO4. The number of ether oxygens (including phenoxy) is 2. The summed E-state index contributed by atoms with van der Waals surface area (Å²) in [6.45, 7) is 10.6. The van der Waals surface area contributed by atoms with Crippen LogP contribution < -0.4 is 9.47 Å². The summed E-state index contributed by atoms with van der Waals surface area (Å²) in [6.07, 6.45) is 6.88. The highest BCUT2D eigenvalue weighted by atomic mass is 19.1. The molecule has 206 valence electrons. The number of halogens is 1. The van der Waals surface area contributed by atoms with Gasteiger partial charge in [-0.2, -0.15) is 0 Å². The van der Waals surface area contributed by atoms with Gasteiger partial charge in [-0.15, -0.1) is 0 Å². The van der Waals surface area contributed by atoms with Gasteiger partial charge < -0.3 is 14.6 Å². The Bertz CT molecular complexity index is 1500. The molecule has 3 aromatic rings. The lowest BCUT2D eigenvalue weighted by atomic mass is 9.89. The highest BCUT2D eigenvalue weighted by Gasteiger charge is 2.28. The largest absolute Gasteiger partial charge is 0.492 e. The van der Waals surface area contributed by atoms with Gasteiger partial charge >= 0.3 is 5.97 Å². The van der Waals surface area contributed by atoms with Crippen molar-refractivity contribution >= 4 is 11.5 Å². The third kappa shape index (κ3) is 5.86. The van der Waals surface area contributed by atoms with Crippen molar-refractivity contribution in [3.05, 3.63) is 107 Å². The molecule has 2 atom stereocenters. The maximum absolute atomic E-state index is 15.3. The van der Waals surface area contributed by atoms with E-state index in [1.54, 1.807) is 12.1 Å². The zero-order valence-electron chi connectivity index (χ0n) is 23.2. The molecule has 1 aromatic heterocycles. The van der Waals surface area contributed by atoms with Crippen molar-refractivity contribution in [3.63, 3.8) is 0 Å². The Kier molecular flexibility index (Phi) is 7.88. The lowest BCUT2D eigenvalue weighted by Crippen LogP contribution is -2.19. The fourth-order valence-electron chi connectivity index (χ4n) is 5.64. The number of fused-ring (bicyclic) bond motifs is 1. The van der Waals surface area contributed by atoms with Gasteiger partial charge in [-0.25, -0.2) is 4.39 Å². The molecule has 1 aliphatic carbocycles. The van der Waals surface area contributed by atoms with Crippen LogP contribution in [0.25, 0.3) is 16.8 Å². The van der Waals surface area contributed by atoms with E-state index in [1.807, 2.05) is 31.3 Å². The molecule has 0 bridgehead atoms. The number of carbonyl (C=O) groups is 1. The number of carboxylic acids is 1. The molecule has 0 spiro atoms. The average molecular weight is 540 g/mol. The number of benzene rings is 2. The highest BCUT2D eigenvalue weighted by molar-refractivity contribution is 5.76. The zero-order valence-corrected chi connectivity index (χ0v) is 23.2. The number of hydrogen-bond acceptors (Lipinski definition) is 4. The second-order valence-electron chi connectivity index (χ2n) is 10.7. The smallest absolute Gasteiger partial charge is 0.304 e. The lowest BCUT2D eigenvalue weighted by Gasteiger charge is -2.21. The van der Waals surface area contributed by atoms with Gasteiger partial charge in [0.25, 0.3) is 0 Å². The first kappa shape index (κ1) is 27.4. The number of carboxylic acid groups (broad SMARTS) is 1. The van der Waals surface area contributed by atoms with E-state index in [-0.39, 0.29) is 12.3 Å². The maximum atomic E-state index is 15.3. The highest BCUT2D eigenvalue weighted by Crippen LogP contribution is 2.39. The Morgan fingerprint density at radius 1 is 1.12 bits per heavy atom. The summed E-state index contributed by atoms with van der Waals surface area (Å²) in [5.41, 5.74) is 8.76. The number of aromatic nitrogens is 1. The van der Waals surface area contributed by atoms with Crippen molar-refractivity contribution in [2.45, 2.75) is 58.5 Å². The molecule has 6 heteroatoms. The van der Waals surface area contributed by atoms with Crippen LogP contribution in [0.15, 0.2) is 78.8 Å². The maximum Gasteiger partial charge on any atom is 0.304 e. The second-order valence-corrected chi connectivity index (χ2v) is 10.7. The lowest BCUT2D eigenvalue weighted by molar-refractivity contribution is -0.137. The minimum absolute atomic E-state index is 0.0164. The van der Waals surface area contributed by atoms with Crippen molar-refractivity contribution in [2.24, 2.45) is 0 Å². The molecule has 0 radical (unpaired) electrons. The van der Waals surface area contributed by atoms with Crippen molar-refractivity contribution < 1.29 is 23.8 Å². The Labute approximate surface area is 234 Å². The Balaban J connectivity index is 1.33. The zero-order chi connectivity index (χ0) is 28.4. The van der Waals surface area contributed by atoms with Gasteiger partial charge in [-0.1, -0.05) is 24.8 Å². The molecule has 5 nitrogen and oxygen atoms in total. The van der Waals surface area contributed by atoms with Crippen LogP contribution in [0.5, 0.6) is 11.5 Å². The van der Waals surface area contributed by atoms with Gasteiger partial charge in [0.05, 0.1) is 18.7 Å². The van der Waals surface area contributed by atoms with Crippen LogP contribution >= 0.6 is 0 Å². The van der Waals surface area contributed by atoms with Gasteiger partial charge in [0.15, 0.2) is 0 Å². The number of allylic oxidation sites excluding steroid dienone is 3. The molecule has 0 amide bonds. The molecule has 2 aromatic carbocycles. The molecule has 0 saturated heterocycles. The summed E-state index contributed by atoms with van der Waals surface area (Å²) in [7, 11) is 0. The summed E-state index contributed by atoms with van der Waals surface area (Å²) >= 11 is 0. The molecule has 5 rings (SSSR count). The summed E-state index contributed by atoms with van der Waals surface area (Å²) in [5.74, 6) is -0.274. The fourth-order valence-corrected chi connectivity index (χ4v) is 5.64. The van der Waals surface area contributed by atoms with E-state index in [1.165, 1.54) is 6.08 Å².